The molecule has 3 aromatic carbocycles. The lowest BCUT2D eigenvalue weighted by Gasteiger charge is -2.35. The second kappa shape index (κ2) is 9.22. The number of benzene rings is 3. The topological polar surface area (TPSA) is 72.6 Å². The normalized spacial score (nSPS) is 12.6. The van der Waals surface area contributed by atoms with Crippen molar-refractivity contribution in [2.24, 2.45) is 5.73 Å². The number of nitrogens with zero attached hydrogens (tertiary/aromatic N) is 1. The van der Waals surface area contributed by atoms with Crippen LogP contribution in [0, 0.1) is 5.82 Å². The van der Waals surface area contributed by atoms with E-state index in [1.165, 1.54) is 24.1 Å². The molecule has 0 saturated heterocycles. The first-order valence-electron chi connectivity index (χ1n) is 9.49. The minimum atomic E-state index is -1.03. The van der Waals surface area contributed by atoms with Gasteiger partial charge >= 0.3 is 0 Å². The Morgan fingerprint density at radius 1 is 0.933 bits per heavy atom. The number of hydrogen-bond donors (Lipinski definition) is 1. The van der Waals surface area contributed by atoms with Gasteiger partial charge in [0.2, 0.25) is 5.91 Å². The van der Waals surface area contributed by atoms with E-state index >= 15 is 0 Å². The second-order valence-electron chi connectivity index (χ2n) is 6.89. The third-order valence-corrected chi connectivity index (χ3v) is 4.98. The largest absolute Gasteiger partial charge is 0.497 e. The first-order valence-corrected chi connectivity index (χ1v) is 9.49. The smallest absolute Gasteiger partial charge is 0.255 e. The molecule has 30 heavy (non-hydrogen) atoms. The molecule has 3 rings (SSSR count). The Morgan fingerprint density at radius 3 is 2.13 bits per heavy atom. The zero-order chi connectivity index (χ0) is 21.7. The van der Waals surface area contributed by atoms with E-state index < -0.39 is 29.7 Å². The lowest BCUT2D eigenvalue weighted by molar-refractivity contribution is -0.123. The Morgan fingerprint density at radius 2 is 1.57 bits per heavy atom. The summed E-state index contributed by atoms with van der Waals surface area (Å²) in [5.41, 5.74) is 7.25. The van der Waals surface area contributed by atoms with Crippen LogP contribution in [-0.2, 0) is 4.79 Å². The van der Waals surface area contributed by atoms with Gasteiger partial charge in [0.1, 0.15) is 17.6 Å². The Balaban J connectivity index is 2.11. The molecular formula is C24H23FN2O3. The van der Waals surface area contributed by atoms with Crippen LogP contribution in [0.5, 0.6) is 5.75 Å². The van der Waals surface area contributed by atoms with Gasteiger partial charge in [-0.15, -0.1) is 0 Å². The van der Waals surface area contributed by atoms with E-state index in [0.29, 0.717) is 22.4 Å². The lowest BCUT2D eigenvalue weighted by atomic mass is 9.98. The minimum absolute atomic E-state index is 0.362. The average Bonchev–Trinajstić information content (AvgIpc) is 2.77. The van der Waals surface area contributed by atoms with Crippen molar-refractivity contribution in [1.29, 1.82) is 0 Å². The summed E-state index contributed by atoms with van der Waals surface area (Å²) in [6.45, 7) is 1.75. The fourth-order valence-corrected chi connectivity index (χ4v) is 3.42. The SMILES string of the molecule is COc1ccc(C(=O)N([C@H](C)c2cccc(F)c2)[C@@H](C(N)=O)c2ccccc2)cc1. The van der Waals surface area contributed by atoms with Crippen LogP contribution < -0.4 is 10.5 Å². The third kappa shape index (κ3) is 4.49. The fourth-order valence-electron chi connectivity index (χ4n) is 3.42. The van der Waals surface area contributed by atoms with E-state index in [4.69, 9.17) is 10.5 Å². The molecule has 0 aromatic heterocycles. The Bertz CT molecular complexity index is 1020. The molecule has 2 N–H and O–H groups in total. The van der Waals surface area contributed by atoms with E-state index in [-0.39, 0.29) is 0 Å². The number of primary amides is 1. The summed E-state index contributed by atoms with van der Waals surface area (Å²) in [5.74, 6) is -0.897. The quantitative estimate of drug-likeness (QED) is 0.637. The van der Waals surface area contributed by atoms with E-state index in [2.05, 4.69) is 0 Å². The molecule has 0 heterocycles. The summed E-state index contributed by atoms with van der Waals surface area (Å²) in [7, 11) is 1.54. The highest BCUT2D eigenvalue weighted by molar-refractivity contribution is 5.98. The van der Waals surface area contributed by atoms with Crippen LogP contribution in [0.15, 0.2) is 78.9 Å². The highest BCUT2D eigenvalue weighted by Crippen LogP contribution is 2.33. The van der Waals surface area contributed by atoms with Crippen LogP contribution in [-0.4, -0.2) is 23.8 Å². The maximum Gasteiger partial charge on any atom is 0.255 e. The van der Waals surface area contributed by atoms with Gasteiger partial charge in [-0.05, 0) is 54.4 Å². The van der Waals surface area contributed by atoms with Crippen molar-refractivity contribution in [1.82, 2.24) is 4.90 Å². The number of carbonyl (C=O) groups excluding carboxylic acids is 2. The van der Waals surface area contributed by atoms with E-state index in [0.717, 1.165) is 0 Å². The number of amides is 2. The third-order valence-electron chi connectivity index (χ3n) is 4.98. The number of hydrogen-bond acceptors (Lipinski definition) is 3. The van der Waals surface area contributed by atoms with E-state index in [1.807, 2.05) is 6.07 Å². The average molecular weight is 406 g/mol. The summed E-state index contributed by atoms with van der Waals surface area (Å²) in [4.78, 5) is 27.5. The number of rotatable bonds is 7. The molecule has 0 bridgehead atoms. The van der Waals surface area contributed by atoms with Gasteiger partial charge in [-0.2, -0.15) is 0 Å². The van der Waals surface area contributed by atoms with Crippen LogP contribution in [0.1, 0.15) is 40.5 Å². The number of carbonyl (C=O) groups is 2. The highest BCUT2D eigenvalue weighted by atomic mass is 19.1. The highest BCUT2D eigenvalue weighted by Gasteiger charge is 2.34. The van der Waals surface area contributed by atoms with Gasteiger partial charge in [0.05, 0.1) is 13.2 Å². The summed E-state index contributed by atoms with van der Waals surface area (Å²) < 4.78 is 19.0. The molecule has 5 nitrogen and oxygen atoms in total. The molecule has 0 radical (unpaired) electrons. The first kappa shape index (κ1) is 21.0. The van der Waals surface area contributed by atoms with Gasteiger partial charge in [0.25, 0.3) is 5.91 Å². The molecule has 2 atom stereocenters. The molecule has 0 spiro atoms. The van der Waals surface area contributed by atoms with Crippen molar-refractivity contribution in [2.45, 2.75) is 19.0 Å². The molecule has 0 aliphatic rings. The molecule has 0 fully saturated rings. The molecule has 0 unspecified atom stereocenters. The lowest BCUT2D eigenvalue weighted by Crippen LogP contribution is -2.43. The predicted molar refractivity (Wildman–Crippen MR) is 112 cm³/mol. The number of ether oxygens (including phenoxy) is 1. The zero-order valence-electron chi connectivity index (χ0n) is 16.8. The molecule has 154 valence electrons. The van der Waals surface area contributed by atoms with E-state index in [9.17, 15) is 14.0 Å². The Hall–Kier alpha value is -3.67. The van der Waals surface area contributed by atoms with Crippen LogP contribution in [0.25, 0.3) is 0 Å². The maximum absolute atomic E-state index is 13.9. The molecule has 0 saturated carbocycles. The molecular weight excluding hydrogens is 383 g/mol. The van der Waals surface area contributed by atoms with Crippen molar-refractivity contribution in [3.8, 4) is 5.75 Å². The standard InChI is InChI=1S/C24H23FN2O3/c1-16(19-9-6-10-20(25)15-19)27(22(23(26)28)17-7-4-3-5-8-17)24(29)18-11-13-21(30-2)14-12-18/h3-16,22H,1-2H3,(H2,26,28)/t16-,22-/m1/s1. The van der Waals surface area contributed by atoms with Crippen molar-refractivity contribution in [3.05, 3.63) is 101 Å². The van der Waals surface area contributed by atoms with Crippen LogP contribution in [0.4, 0.5) is 4.39 Å². The van der Waals surface area contributed by atoms with Gasteiger partial charge in [-0.1, -0.05) is 42.5 Å². The molecule has 3 aromatic rings. The van der Waals surface area contributed by atoms with Gasteiger partial charge in [0.15, 0.2) is 0 Å². The van der Waals surface area contributed by atoms with Crippen molar-refractivity contribution in [2.75, 3.05) is 7.11 Å². The Kier molecular flexibility index (Phi) is 6.47. The van der Waals surface area contributed by atoms with Gasteiger partial charge < -0.3 is 15.4 Å². The Labute approximate surface area is 174 Å². The second-order valence-corrected chi connectivity index (χ2v) is 6.89. The van der Waals surface area contributed by atoms with Crippen LogP contribution in [0.3, 0.4) is 0 Å². The molecule has 0 aliphatic heterocycles. The van der Waals surface area contributed by atoms with Crippen molar-refractivity contribution < 1.29 is 18.7 Å². The van der Waals surface area contributed by atoms with Crippen LogP contribution >= 0.6 is 0 Å². The fraction of sp³-hybridized carbons (Fsp3) is 0.167. The number of methoxy groups -OCH3 is 1. The summed E-state index contributed by atoms with van der Waals surface area (Å²) >= 11 is 0. The maximum atomic E-state index is 13.9. The summed E-state index contributed by atoms with van der Waals surface area (Å²) in [6.07, 6.45) is 0. The van der Waals surface area contributed by atoms with Gasteiger partial charge in [-0.25, -0.2) is 4.39 Å². The van der Waals surface area contributed by atoms with Crippen molar-refractivity contribution >= 4 is 11.8 Å². The molecule has 6 heteroatoms. The molecule has 2 amide bonds. The van der Waals surface area contributed by atoms with Gasteiger partial charge in [-0.3, -0.25) is 9.59 Å². The minimum Gasteiger partial charge on any atom is -0.497 e. The van der Waals surface area contributed by atoms with Crippen molar-refractivity contribution in [3.63, 3.8) is 0 Å². The first-order chi connectivity index (χ1) is 14.4. The summed E-state index contributed by atoms with van der Waals surface area (Å²) in [6, 6.07) is 19.7. The summed E-state index contributed by atoms with van der Waals surface area (Å²) in [5, 5.41) is 0. The molecule has 0 aliphatic carbocycles. The zero-order valence-corrected chi connectivity index (χ0v) is 16.8. The van der Waals surface area contributed by atoms with E-state index in [1.54, 1.807) is 67.6 Å². The number of nitrogens with two attached hydrogens (primary N) is 1. The monoisotopic (exact) mass is 406 g/mol. The predicted octanol–water partition coefficient (Wildman–Crippen LogP) is 4.26. The van der Waals surface area contributed by atoms with Crippen LogP contribution in [0.2, 0.25) is 0 Å². The van der Waals surface area contributed by atoms with Gasteiger partial charge in [0, 0.05) is 5.56 Å². The number of halogens is 1.